The third kappa shape index (κ3) is 20.2. The van der Waals surface area contributed by atoms with Crippen LogP contribution in [0, 0.1) is 5.92 Å². The molecule has 0 aromatic carbocycles. The largest absolute Gasteiger partial charge is 0.466 e. The van der Waals surface area contributed by atoms with E-state index in [0.29, 0.717) is 18.9 Å². The van der Waals surface area contributed by atoms with Crippen LogP contribution >= 0.6 is 0 Å². The van der Waals surface area contributed by atoms with Gasteiger partial charge in [-0.1, -0.05) is 86.8 Å². The SMILES string of the molecule is CC/C=C\C/C=C\C/C=C\C/C=C\C/C=C\C/C=C\CC(C)CC(=O)OCC. The van der Waals surface area contributed by atoms with E-state index < -0.39 is 0 Å². The van der Waals surface area contributed by atoms with Gasteiger partial charge >= 0.3 is 5.97 Å². The van der Waals surface area contributed by atoms with Crippen LogP contribution < -0.4 is 0 Å². The summed E-state index contributed by atoms with van der Waals surface area (Å²) in [6, 6.07) is 0. The van der Waals surface area contributed by atoms with E-state index in [0.717, 1.165) is 44.9 Å². The Kier molecular flexibility index (Phi) is 19.6. The van der Waals surface area contributed by atoms with Gasteiger partial charge in [-0.05, 0) is 57.8 Å². The highest BCUT2D eigenvalue weighted by atomic mass is 16.5. The molecule has 0 amide bonds. The molecular formula is C26H40O2. The zero-order valence-electron chi connectivity index (χ0n) is 18.2. The van der Waals surface area contributed by atoms with Crippen molar-refractivity contribution in [2.24, 2.45) is 5.92 Å². The average Bonchev–Trinajstić information content (AvgIpc) is 2.67. The fourth-order valence-electron chi connectivity index (χ4n) is 2.44. The van der Waals surface area contributed by atoms with Crippen molar-refractivity contribution in [3.05, 3.63) is 72.9 Å². The minimum absolute atomic E-state index is 0.0961. The van der Waals surface area contributed by atoms with Gasteiger partial charge in [-0.2, -0.15) is 0 Å². The molecule has 0 saturated heterocycles. The summed E-state index contributed by atoms with van der Waals surface area (Å²) < 4.78 is 4.96. The Morgan fingerprint density at radius 1 is 0.679 bits per heavy atom. The smallest absolute Gasteiger partial charge is 0.306 e. The number of carbonyl (C=O) groups is 1. The first kappa shape index (κ1) is 25.9. The molecule has 0 aliphatic rings. The fourth-order valence-corrected chi connectivity index (χ4v) is 2.44. The first-order valence-electron chi connectivity index (χ1n) is 10.8. The summed E-state index contributed by atoms with van der Waals surface area (Å²) in [7, 11) is 0. The topological polar surface area (TPSA) is 26.3 Å². The maximum absolute atomic E-state index is 11.4. The lowest BCUT2D eigenvalue weighted by atomic mass is 10.0. The zero-order valence-corrected chi connectivity index (χ0v) is 18.2. The summed E-state index contributed by atoms with van der Waals surface area (Å²) in [6.07, 6.45) is 33.9. The lowest BCUT2D eigenvalue weighted by Gasteiger charge is -2.07. The highest BCUT2D eigenvalue weighted by Crippen LogP contribution is 2.09. The van der Waals surface area contributed by atoms with E-state index in [-0.39, 0.29) is 5.97 Å². The first-order valence-corrected chi connectivity index (χ1v) is 10.8. The number of esters is 1. The maximum atomic E-state index is 11.4. The average molecular weight is 385 g/mol. The Morgan fingerprint density at radius 3 is 1.46 bits per heavy atom. The van der Waals surface area contributed by atoms with Gasteiger partial charge in [0.2, 0.25) is 0 Å². The van der Waals surface area contributed by atoms with Crippen molar-refractivity contribution in [2.75, 3.05) is 6.61 Å². The number of carbonyl (C=O) groups excluding carboxylic acids is 1. The van der Waals surface area contributed by atoms with Gasteiger partial charge in [0.15, 0.2) is 0 Å². The molecule has 2 heteroatoms. The Labute approximate surface area is 173 Å². The van der Waals surface area contributed by atoms with E-state index in [1.807, 2.05) is 6.92 Å². The van der Waals surface area contributed by atoms with Crippen molar-refractivity contribution in [3.63, 3.8) is 0 Å². The molecule has 0 rings (SSSR count). The Morgan fingerprint density at radius 2 is 1.07 bits per heavy atom. The monoisotopic (exact) mass is 384 g/mol. The van der Waals surface area contributed by atoms with Crippen molar-refractivity contribution >= 4 is 5.97 Å². The van der Waals surface area contributed by atoms with Crippen molar-refractivity contribution in [1.29, 1.82) is 0 Å². The normalized spacial score (nSPS) is 14.0. The summed E-state index contributed by atoms with van der Waals surface area (Å²) >= 11 is 0. The van der Waals surface area contributed by atoms with Crippen LogP contribution in [0.1, 0.15) is 72.1 Å². The molecule has 0 radical (unpaired) electrons. The predicted molar refractivity (Wildman–Crippen MR) is 123 cm³/mol. The maximum Gasteiger partial charge on any atom is 0.306 e. The minimum Gasteiger partial charge on any atom is -0.466 e. The van der Waals surface area contributed by atoms with Crippen LogP contribution in [-0.2, 0) is 9.53 Å². The molecule has 0 aromatic heterocycles. The second-order valence-corrected chi connectivity index (χ2v) is 6.77. The second kappa shape index (κ2) is 21.2. The van der Waals surface area contributed by atoms with Crippen LogP contribution in [0.5, 0.6) is 0 Å². The minimum atomic E-state index is -0.0961. The van der Waals surface area contributed by atoms with Crippen LogP contribution in [0.3, 0.4) is 0 Å². The molecule has 0 saturated carbocycles. The molecule has 0 N–H and O–H groups in total. The molecule has 156 valence electrons. The summed E-state index contributed by atoms with van der Waals surface area (Å²) in [5, 5.41) is 0. The first-order chi connectivity index (χ1) is 13.7. The van der Waals surface area contributed by atoms with Gasteiger partial charge < -0.3 is 4.74 Å². The van der Waals surface area contributed by atoms with E-state index in [1.165, 1.54) is 0 Å². The fraction of sp³-hybridized carbons (Fsp3) is 0.500. The molecule has 0 spiro atoms. The van der Waals surface area contributed by atoms with Crippen LogP contribution in [0.4, 0.5) is 0 Å². The highest BCUT2D eigenvalue weighted by Gasteiger charge is 2.07. The summed E-state index contributed by atoms with van der Waals surface area (Å²) in [6.45, 7) is 6.54. The molecule has 1 unspecified atom stereocenters. The van der Waals surface area contributed by atoms with Gasteiger partial charge in [0.1, 0.15) is 0 Å². The van der Waals surface area contributed by atoms with Gasteiger partial charge in [-0.15, -0.1) is 0 Å². The number of hydrogen-bond acceptors (Lipinski definition) is 2. The molecule has 0 heterocycles. The van der Waals surface area contributed by atoms with Crippen LogP contribution in [-0.4, -0.2) is 12.6 Å². The van der Waals surface area contributed by atoms with E-state index in [2.05, 4.69) is 86.8 Å². The Hall–Kier alpha value is -2.09. The van der Waals surface area contributed by atoms with Gasteiger partial charge in [0.25, 0.3) is 0 Å². The summed E-state index contributed by atoms with van der Waals surface area (Å²) in [5.41, 5.74) is 0. The molecule has 28 heavy (non-hydrogen) atoms. The Bertz CT molecular complexity index is 533. The standard InChI is InChI=1S/C26H40O2/c1-4-6-7-8-9-10-11-12-13-14-15-16-17-18-19-20-21-22-23-25(3)24-26(27)28-5-2/h6-7,9-10,12-13,15-16,18-19,21-22,25H,4-5,8,11,14,17,20,23-24H2,1-3H3/b7-6-,10-9-,13-12-,16-15-,19-18-,22-21-. The third-order valence-electron chi connectivity index (χ3n) is 3.96. The van der Waals surface area contributed by atoms with E-state index in [1.54, 1.807) is 0 Å². The molecular weight excluding hydrogens is 344 g/mol. The molecule has 0 bridgehead atoms. The molecule has 2 nitrogen and oxygen atoms in total. The van der Waals surface area contributed by atoms with Crippen LogP contribution in [0.2, 0.25) is 0 Å². The van der Waals surface area contributed by atoms with Gasteiger partial charge in [0, 0.05) is 6.42 Å². The molecule has 1 atom stereocenters. The predicted octanol–water partition coefficient (Wildman–Crippen LogP) is 7.66. The summed E-state index contributed by atoms with van der Waals surface area (Å²) in [4.78, 5) is 11.4. The number of hydrogen-bond donors (Lipinski definition) is 0. The van der Waals surface area contributed by atoms with E-state index in [9.17, 15) is 4.79 Å². The lowest BCUT2D eigenvalue weighted by Crippen LogP contribution is -2.08. The molecule has 0 aliphatic carbocycles. The van der Waals surface area contributed by atoms with E-state index in [4.69, 9.17) is 4.74 Å². The number of allylic oxidation sites excluding steroid dienone is 12. The lowest BCUT2D eigenvalue weighted by molar-refractivity contribution is -0.144. The summed E-state index contributed by atoms with van der Waals surface area (Å²) in [5.74, 6) is 0.241. The number of rotatable bonds is 16. The molecule has 0 aromatic rings. The second-order valence-electron chi connectivity index (χ2n) is 6.77. The van der Waals surface area contributed by atoms with E-state index >= 15 is 0 Å². The quantitative estimate of drug-likeness (QED) is 0.202. The molecule has 0 aliphatic heterocycles. The third-order valence-corrected chi connectivity index (χ3v) is 3.96. The molecule has 0 fully saturated rings. The van der Waals surface area contributed by atoms with Crippen molar-refractivity contribution < 1.29 is 9.53 Å². The Balaban J connectivity index is 3.64. The zero-order chi connectivity index (χ0) is 20.7. The van der Waals surface area contributed by atoms with Crippen molar-refractivity contribution in [3.8, 4) is 0 Å². The van der Waals surface area contributed by atoms with Crippen molar-refractivity contribution in [2.45, 2.75) is 72.1 Å². The van der Waals surface area contributed by atoms with Gasteiger partial charge in [-0.3, -0.25) is 4.79 Å². The van der Waals surface area contributed by atoms with Gasteiger partial charge in [-0.25, -0.2) is 0 Å². The number of ether oxygens (including phenoxy) is 1. The van der Waals surface area contributed by atoms with Crippen molar-refractivity contribution in [1.82, 2.24) is 0 Å². The van der Waals surface area contributed by atoms with Crippen LogP contribution in [0.15, 0.2) is 72.9 Å². The van der Waals surface area contributed by atoms with Gasteiger partial charge in [0.05, 0.1) is 6.61 Å². The highest BCUT2D eigenvalue weighted by molar-refractivity contribution is 5.69. The van der Waals surface area contributed by atoms with Crippen LogP contribution in [0.25, 0.3) is 0 Å².